The van der Waals surface area contributed by atoms with Gasteiger partial charge in [-0.1, -0.05) is 13.0 Å². The molecule has 4 rings (SSSR count). The molecule has 6 heteroatoms. The molecule has 4 nitrogen and oxygen atoms in total. The molecular formula is C19H22F2N2O2. The van der Waals surface area contributed by atoms with E-state index in [9.17, 15) is 13.6 Å². The van der Waals surface area contributed by atoms with Gasteiger partial charge in [0.05, 0.1) is 18.9 Å². The van der Waals surface area contributed by atoms with Crippen LogP contribution in [-0.2, 0) is 11.2 Å². The number of alkyl halides is 2. The van der Waals surface area contributed by atoms with Crippen LogP contribution in [-0.4, -0.2) is 41.4 Å². The number of halogens is 2. The average molecular weight is 348 g/mol. The van der Waals surface area contributed by atoms with E-state index >= 15 is 0 Å². The third kappa shape index (κ3) is 2.34. The second-order valence-corrected chi connectivity index (χ2v) is 7.29. The number of benzene rings is 1. The number of nitrogens with zero attached hydrogens (tertiary/aromatic N) is 1. The molecule has 0 unspecified atom stereocenters. The van der Waals surface area contributed by atoms with Crippen molar-refractivity contribution in [2.75, 3.05) is 19.7 Å². The molecule has 1 saturated carbocycles. The summed E-state index contributed by atoms with van der Waals surface area (Å²) in [4.78, 5) is 17.4. The van der Waals surface area contributed by atoms with Gasteiger partial charge in [-0.25, -0.2) is 8.78 Å². The second-order valence-electron chi connectivity index (χ2n) is 7.29. The first-order chi connectivity index (χ1) is 11.9. The van der Waals surface area contributed by atoms with Crippen molar-refractivity contribution in [3.05, 3.63) is 30.0 Å². The number of nitrogens with one attached hydrogen (secondary N) is 1. The maximum atomic E-state index is 13.9. The molecule has 1 aromatic heterocycles. The van der Waals surface area contributed by atoms with Crippen molar-refractivity contribution in [3.63, 3.8) is 0 Å². The third-order valence-corrected chi connectivity index (χ3v) is 5.93. The Labute approximate surface area is 145 Å². The number of rotatable bonds is 4. The van der Waals surface area contributed by atoms with Crippen LogP contribution in [0, 0.1) is 11.3 Å². The van der Waals surface area contributed by atoms with Crippen molar-refractivity contribution in [1.29, 1.82) is 0 Å². The van der Waals surface area contributed by atoms with Crippen LogP contribution in [0.4, 0.5) is 8.78 Å². The number of carbonyl (C=O) groups is 1. The van der Waals surface area contributed by atoms with Gasteiger partial charge in [0.2, 0.25) is 5.91 Å². The number of aromatic nitrogens is 1. The first kappa shape index (κ1) is 16.4. The highest BCUT2D eigenvalue weighted by atomic mass is 19.3. The summed E-state index contributed by atoms with van der Waals surface area (Å²) < 4.78 is 33.4. The van der Waals surface area contributed by atoms with Gasteiger partial charge in [0.1, 0.15) is 5.75 Å². The molecular weight excluding hydrogens is 326 g/mol. The van der Waals surface area contributed by atoms with Crippen molar-refractivity contribution in [1.82, 2.24) is 9.88 Å². The van der Waals surface area contributed by atoms with Gasteiger partial charge in [0.25, 0.3) is 5.92 Å². The molecule has 1 aliphatic carbocycles. The van der Waals surface area contributed by atoms with Crippen LogP contribution in [0.25, 0.3) is 10.9 Å². The molecule has 2 heterocycles. The Morgan fingerprint density at radius 3 is 2.96 bits per heavy atom. The predicted molar refractivity (Wildman–Crippen MR) is 90.9 cm³/mol. The van der Waals surface area contributed by atoms with Gasteiger partial charge in [-0.15, -0.1) is 0 Å². The lowest BCUT2D eigenvalue weighted by atomic mass is 9.97. The Hall–Kier alpha value is -2.11. The maximum Gasteiger partial charge on any atom is 0.259 e. The fourth-order valence-corrected chi connectivity index (χ4v) is 4.15. The number of amides is 1. The van der Waals surface area contributed by atoms with Crippen molar-refractivity contribution >= 4 is 16.8 Å². The molecule has 0 radical (unpaired) electrons. The van der Waals surface area contributed by atoms with Gasteiger partial charge in [-0.2, -0.15) is 0 Å². The minimum absolute atomic E-state index is 0.100. The van der Waals surface area contributed by atoms with E-state index in [-0.39, 0.29) is 18.9 Å². The number of ether oxygens (including phenoxy) is 1. The van der Waals surface area contributed by atoms with E-state index in [1.54, 1.807) is 11.8 Å². The zero-order valence-electron chi connectivity index (χ0n) is 14.4. The highest BCUT2D eigenvalue weighted by Crippen LogP contribution is 2.69. The highest BCUT2D eigenvalue weighted by molar-refractivity contribution is 5.93. The molecule has 1 N–H and O–H groups in total. The third-order valence-electron chi connectivity index (χ3n) is 5.93. The predicted octanol–water partition coefficient (Wildman–Crippen LogP) is 3.61. The van der Waals surface area contributed by atoms with Crippen LogP contribution in [0.15, 0.2) is 24.4 Å². The summed E-state index contributed by atoms with van der Waals surface area (Å²) in [6, 6.07) is 5.71. The summed E-state index contributed by atoms with van der Waals surface area (Å²) in [6.07, 6.45) is 2.37. The largest absolute Gasteiger partial charge is 0.493 e. The molecule has 0 spiro atoms. The van der Waals surface area contributed by atoms with Gasteiger partial charge >= 0.3 is 0 Å². The van der Waals surface area contributed by atoms with Crippen LogP contribution >= 0.6 is 0 Å². The van der Waals surface area contributed by atoms with E-state index in [0.717, 1.165) is 22.2 Å². The Balaban J connectivity index is 1.53. The summed E-state index contributed by atoms with van der Waals surface area (Å²) >= 11 is 0. The zero-order chi connectivity index (χ0) is 17.8. The van der Waals surface area contributed by atoms with Crippen LogP contribution in [0.1, 0.15) is 25.8 Å². The molecule has 1 saturated heterocycles. The Morgan fingerprint density at radius 1 is 1.44 bits per heavy atom. The summed E-state index contributed by atoms with van der Waals surface area (Å²) in [5.74, 6) is -2.69. The van der Waals surface area contributed by atoms with Crippen LogP contribution in [0.2, 0.25) is 0 Å². The lowest BCUT2D eigenvalue weighted by Crippen LogP contribution is -2.39. The van der Waals surface area contributed by atoms with Crippen LogP contribution < -0.4 is 4.74 Å². The van der Waals surface area contributed by atoms with Gasteiger partial charge < -0.3 is 14.6 Å². The fraction of sp³-hybridized carbons (Fsp3) is 0.526. The summed E-state index contributed by atoms with van der Waals surface area (Å²) in [7, 11) is 0. The second kappa shape index (κ2) is 5.44. The van der Waals surface area contributed by atoms with E-state index in [1.807, 2.05) is 31.3 Å². The number of likely N-dealkylation sites (tertiary alicyclic amines) is 1. The topological polar surface area (TPSA) is 45.3 Å². The van der Waals surface area contributed by atoms with Gasteiger partial charge in [0.15, 0.2) is 0 Å². The first-order valence-electron chi connectivity index (χ1n) is 8.76. The standard InChI is InChI=1S/C19H22F2N2O2/c1-3-25-14-6-4-5-13-17(14)12(10-22-13)9-16(24)23-8-7-18(2)15(11-23)19(18,20)21/h4-6,10,15,22H,3,7-9,11H2,1-2H3/t15-,18-/m1/s1. The smallest absolute Gasteiger partial charge is 0.259 e. The summed E-state index contributed by atoms with van der Waals surface area (Å²) in [6.45, 7) is 4.65. The van der Waals surface area contributed by atoms with Gasteiger partial charge in [-0.05, 0) is 31.0 Å². The molecule has 1 aromatic carbocycles. The average Bonchev–Trinajstić information content (AvgIpc) is 2.86. The molecule has 0 bridgehead atoms. The van der Waals surface area contributed by atoms with Crippen LogP contribution in [0.5, 0.6) is 5.75 Å². The number of H-pyrrole nitrogens is 1. The fourth-order valence-electron chi connectivity index (χ4n) is 4.15. The highest BCUT2D eigenvalue weighted by Gasteiger charge is 2.78. The van der Waals surface area contributed by atoms with E-state index in [2.05, 4.69) is 4.98 Å². The molecule has 2 fully saturated rings. The van der Waals surface area contributed by atoms with Crippen molar-refractivity contribution < 1.29 is 18.3 Å². The number of carbonyl (C=O) groups excluding carboxylic acids is 1. The lowest BCUT2D eigenvalue weighted by Gasteiger charge is -2.28. The van der Waals surface area contributed by atoms with E-state index in [1.165, 1.54) is 0 Å². The first-order valence-corrected chi connectivity index (χ1v) is 8.76. The molecule has 1 amide bonds. The summed E-state index contributed by atoms with van der Waals surface area (Å²) in [5.41, 5.74) is 0.848. The number of hydrogen-bond acceptors (Lipinski definition) is 2. The monoisotopic (exact) mass is 348 g/mol. The van der Waals surface area contributed by atoms with E-state index in [4.69, 9.17) is 4.74 Å². The molecule has 2 aliphatic rings. The van der Waals surface area contributed by atoms with Gasteiger partial charge in [0, 0.05) is 35.6 Å². The molecule has 25 heavy (non-hydrogen) atoms. The molecule has 134 valence electrons. The van der Waals surface area contributed by atoms with E-state index < -0.39 is 17.3 Å². The van der Waals surface area contributed by atoms with Crippen molar-refractivity contribution in [2.45, 2.75) is 32.6 Å². The minimum atomic E-state index is -2.63. The zero-order valence-corrected chi connectivity index (χ0v) is 14.4. The summed E-state index contributed by atoms with van der Waals surface area (Å²) in [5, 5.41) is 0.899. The number of fused-ring (bicyclic) bond motifs is 2. The van der Waals surface area contributed by atoms with Gasteiger partial charge in [-0.3, -0.25) is 4.79 Å². The molecule has 1 aliphatic heterocycles. The molecule has 2 atom stereocenters. The number of aromatic amines is 1. The quantitative estimate of drug-likeness (QED) is 0.917. The van der Waals surface area contributed by atoms with Crippen molar-refractivity contribution in [3.8, 4) is 5.75 Å². The molecule has 2 aromatic rings. The Morgan fingerprint density at radius 2 is 2.24 bits per heavy atom. The number of hydrogen-bond donors (Lipinski definition) is 1. The lowest BCUT2D eigenvalue weighted by molar-refractivity contribution is -0.131. The maximum absolute atomic E-state index is 13.9. The van der Waals surface area contributed by atoms with E-state index in [0.29, 0.717) is 19.6 Å². The minimum Gasteiger partial charge on any atom is -0.493 e. The SMILES string of the molecule is CCOc1cccc2[nH]cc(CC(=O)N3CC[C@]4(C)[C@@H](C3)C4(F)F)c12. The number of piperidine rings is 1. The van der Waals surface area contributed by atoms with Crippen LogP contribution in [0.3, 0.4) is 0 Å². The Bertz CT molecular complexity index is 832. The Kier molecular flexibility index (Phi) is 3.56. The van der Waals surface area contributed by atoms with Crippen molar-refractivity contribution in [2.24, 2.45) is 11.3 Å². The normalized spacial score (nSPS) is 27.2.